The van der Waals surface area contributed by atoms with Gasteiger partial charge in [-0.05, 0) is 26.1 Å². The lowest BCUT2D eigenvalue weighted by molar-refractivity contribution is 0.587. The van der Waals surface area contributed by atoms with E-state index in [1.807, 2.05) is 19.1 Å². The van der Waals surface area contributed by atoms with Crippen molar-refractivity contribution in [3.8, 4) is 0 Å². The molecule has 2 rings (SSSR count). The number of nitrogens with zero attached hydrogens (tertiary/aromatic N) is 2. The molecule has 2 aromatic heterocycles. The molecule has 0 unspecified atom stereocenters. The van der Waals surface area contributed by atoms with Crippen LogP contribution in [0.2, 0.25) is 0 Å². The first kappa shape index (κ1) is 12.0. The molecule has 0 aliphatic carbocycles. The molecule has 92 valence electrons. The Balaban J connectivity index is 2.20. The fourth-order valence-corrected chi connectivity index (χ4v) is 2.15. The molecular formula is C10H14N4O2S. The number of aryl methyl sites for hydroxylation is 2. The lowest BCUT2D eigenvalue weighted by Gasteiger charge is -1.98. The Hall–Kier alpha value is -1.47. The summed E-state index contributed by atoms with van der Waals surface area (Å²) in [5.74, 6) is 0.652. The SMILES string of the molecule is CNS(=O)(=O)CCc1nc2nc(C)ccc2[nH]1. The molecular weight excluding hydrogens is 240 g/mol. The second-order valence-corrected chi connectivity index (χ2v) is 5.83. The van der Waals surface area contributed by atoms with E-state index in [4.69, 9.17) is 0 Å². The summed E-state index contributed by atoms with van der Waals surface area (Å²) in [5, 5.41) is 0. The van der Waals surface area contributed by atoms with Crippen molar-refractivity contribution in [1.29, 1.82) is 0 Å². The summed E-state index contributed by atoms with van der Waals surface area (Å²) in [7, 11) is -1.79. The highest BCUT2D eigenvalue weighted by atomic mass is 32.2. The molecule has 0 aliphatic heterocycles. The fourth-order valence-electron chi connectivity index (χ4n) is 1.49. The molecule has 0 aromatic carbocycles. The van der Waals surface area contributed by atoms with Gasteiger partial charge in [-0.1, -0.05) is 0 Å². The standard InChI is InChI=1S/C10H14N4O2S/c1-7-3-4-8-10(12-7)14-9(13-8)5-6-17(15,16)11-2/h3-4,11H,5-6H2,1-2H3,(H,12,13,14). The Bertz CT molecular complexity index is 633. The molecule has 0 amide bonds. The zero-order valence-electron chi connectivity index (χ0n) is 9.69. The van der Waals surface area contributed by atoms with Crippen LogP contribution in [-0.4, -0.2) is 36.2 Å². The molecule has 2 N–H and O–H groups in total. The zero-order chi connectivity index (χ0) is 12.5. The van der Waals surface area contributed by atoms with Crippen molar-refractivity contribution < 1.29 is 8.42 Å². The molecule has 17 heavy (non-hydrogen) atoms. The Labute approximate surface area is 99.5 Å². The summed E-state index contributed by atoms with van der Waals surface area (Å²) in [6, 6.07) is 3.77. The number of pyridine rings is 1. The highest BCUT2D eigenvalue weighted by molar-refractivity contribution is 7.89. The number of imidazole rings is 1. The van der Waals surface area contributed by atoms with E-state index in [1.54, 1.807) is 0 Å². The first-order valence-electron chi connectivity index (χ1n) is 5.23. The first-order valence-corrected chi connectivity index (χ1v) is 6.89. The minimum Gasteiger partial charge on any atom is -0.341 e. The summed E-state index contributed by atoms with van der Waals surface area (Å²) >= 11 is 0. The van der Waals surface area contributed by atoms with Gasteiger partial charge in [0.25, 0.3) is 0 Å². The number of fused-ring (bicyclic) bond motifs is 1. The van der Waals surface area contributed by atoms with Gasteiger partial charge in [-0.15, -0.1) is 0 Å². The lowest BCUT2D eigenvalue weighted by atomic mass is 10.4. The van der Waals surface area contributed by atoms with Crippen molar-refractivity contribution in [2.75, 3.05) is 12.8 Å². The largest absolute Gasteiger partial charge is 0.341 e. The highest BCUT2D eigenvalue weighted by Crippen LogP contribution is 2.10. The number of hydrogen-bond donors (Lipinski definition) is 2. The summed E-state index contributed by atoms with van der Waals surface area (Å²) in [5.41, 5.74) is 2.34. The average Bonchev–Trinajstić information content (AvgIpc) is 2.68. The van der Waals surface area contributed by atoms with Crippen molar-refractivity contribution >= 4 is 21.2 Å². The third kappa shape index (κ3) is 2.80. The van der Waals surface area contributed by atoms with Crippen molar-refractivity contribution in [1.82, 2.24) is 19.7 Å². The maximum Gasteiger partial charge on any atom is 0.211 e. The first-order chi connectivity index (χ1) is 8.00. The molecule has 0 fully saturated rings. The number of nitrogens with one attached hydrogen (secondary N) is 2. The van der Waals surface area contributed by atoms with E-state index in [2.05, 4.69) is 19.7 Å². The van der Waals surface area contributed by atoms with Crippen molar-refractivity contribution in [2.45, 2.75) is 13.3 Å². The fraction of sp³-hybridized carbons (Fsp3) is 0.400. The molecule has 0 saturated carbocycles. The quantitative estimate of drug-likeness (QED) is 0.824. The van der Waals surface area contributed by atoms with Crippen LogP contribution in [0.25, 0.3) is 11.2 Å². The van der Waals surface area contributed by atoms with E-state index >= 15 is 0 Å². The number of sulfonamides is 1. The molecule has 2 heterocycles. The van der Waals surface area contributed by atoms with Crippen LogP contribution in [0.1, 0.15) is 11.5 Å². The van der Waals surface area contributed by atoms with E-state index in [9.17, 15) is 8.42 Å². The summed E-state index contributed by atoms with van der Waals surface area (Å²) in [4.78, 5) is 11.6. The molecule has 0 spiro atoms. The normalized spacial score (nSPS) is 12.1. The van der Waals surface area contributed by atoms with Crippen molar-refractivity contribution in [2.24, 2.45) is 0 Å². The predicted octanol–water partition coefficient (Wildman–Crippen LogP) is 0.358. The van der Waals surface area contributed by atoms with Crippen LogP contribution in [0.15, 0.2) is 12.1 Å². The zero-order valence-corrected chi connectivity index (χ0v) is 10.5. The lowest BCUT2D eigenvalue weighted by Crippen LogP contribution is -2.23. The Morgan fingerprint density at radius 1 is 1.35 bits per heavy atom. The van der Waals surface area contributed by atoms with Crippen LogP contribution in [0.3, 0.4) is 0 Å². The van der Waals surface area contributed by atoms with Gasteiger partial charge in [-0.25, -0.2) is 23.1 Å². The molecule has 0 bridgehead atoms. The Morgan fingerprint density at radius 2 is 2.12 bits per heavy atom. The third-order valence-corrected chi connectivity index (χ3v) is 3.82. The maximum absolute atomic E-state index is 11.3. The van der Waals surface area contributed by atoms with Crippen LogP contribution in [0.4, 0.5) is 0 Å². The Morgan fingerprint density at radius 3 is 2.82 bits per heavy atom. The van der Waals surface area contributed by atoms with Gasteiger partial charge in [-0.3, -0.25) is 0 Å². The van der Waals surface area contributed by atoms with E-state index in [1.165, 1.54) is 7.05 Å². The minimum absolute atomic E-state index is 0.0162. The van der Waals surface area contributed by atoms with Crippen LogP contribution >= 0.6 is 0 Å². The van der Waals surface area contributed by atoms with Crippen LogP contribution in [-0.2, 0) is 16.4 Å². The molecule has 7 heteroatoms. The van der Waals surface area contributed by atoms with Gasteiger partial charge in [0.15, 0.2) is 5.65 Å². The van der Waals surface area contributed by atoms with Gasteiger partial charge in [-0.2, -0.15) is 0 Å². The van der Waals surface area contributed by atoms with Crippen LogP contribution in [0.5, 0.6) is 0 Å². The van der Waals surface area contributed by atoms with E-state index in [0.717, 1.165) is 11.2 Å². The van der Waals surface area contributed by atoms with Crippen molar-refractivity contribution in [3.05, 3.63) is 23.7 Å². The van der Waals surface area contributed by atoms with Crippen molar-refractivity contribution in [3.63, 3.8) is 0 Å². The average molecular weight is 254 g/mol. The second-order valence-electron chi connectivity index (χ2n) is 3.78. The number of H-pyrrole nitrogens is 1. The van der Waals surface area contributed by atoms with Gasteiger partial charge in [0.2, 0.25) is 10.0 Å². The Kier molecular flexibility index (Phi) is 3.12. The van der Waals surface area contributed by atoms with Gasteiger partial charge in [0.1, 0.15) is 5.82 Å². The van der Waals surface area contributed by atoms with E-state index < -0.39 is 10.0 Å². The van der Waals surface area contributed by atoms with Gasteiger partial charge >= 0.3 is 0 Å². The molecule has 0 atom stereocenters. The highest BCUT2D eigenvalue weighted by Gasteiger charge is 2.10. The van der Waals surface area contributed by atoms with Gasteiger partial charge in [0.05, 0.1) is 11.3 Å². The maximum atomic E-state index is 11.3. The van der Waals surface area contributed by atoms with Gasteiger partial charge in [0, 0.05) is 12.1 Å². The van der Waals surface area contributed by atoms with Crippen LogP contribution in [0, 0.1) is 6.92 Å². The summed E-state index contributed by atoms with van der Waals surface area (Å²) in [6.07, 6.45) is 0.346. The summed E-state index contributed by atoms with van der Waals surface area (Å²) in [6.45, 7) is 1.89. The summed E-state index contributed by atoms with van der Waals surface area (Å²) < 4.78 is 24.8. The molecule has 0 saturated heterocycles. The molecule has 0 radical (unpaired) electrons. The monoisotopic (exact) mass is 254 g/mol. The molecule has 2 aromatic rings. The molecule has 6 nitrogen and oxygen atoms in total. The number of hydrogen-bond acceptors (Lipinski definition) is 4. The smallest absolute Gasteiger partial charge is 0.211 e. The molecule has 0 aliphatic rings. The third-order valence-electron chi connectivity index (χ3n) is 2.45. The topological polar surface area (TPSA) is 87.7 Å². The second kappa shape index (κ2) is 4.42. The number of aromatic nitrogens is 3. The van der Waals surface area contributed by atoms with E-state index in [-0.39, 0.29) is 5.75 Å². The van der Waals surface area contributed by atoms with Gasteiger partial charge < -0.3 is 4.98 Å². The minimum atomic E-state index is -3.19. The van der Waals surface area contributed by atoms with Crippen LogP contribution < -0.4 is 4.72 Å². The number of aromatic amines is 1. The number of rotatable bonds is 4. The van der Waals surface area contributed by atoms with E-state index in [0.29, 0.717) is 17.9 Å². The predicted molar refractivity (Wildman–Crippen MR) is 65.2 cm³/mol.